The lowest BCUT2D eigenvalue weighted by atomic mass is 10.1. The molecular formula is C14H15ClFNO5. The van der Waals surface area contributed by atoms with Crippen molar-refractivity contribution in [2.75, 3.05) is 13.2 Å². The Morgan fingerprint density at radius 2 is 1.73 bits per heavy atom. The third-order valence-electron chi connectivity index (χ3n) is 2.51. The highest BCUT2D eigenvalue weighted by molar-refractivity contribution is 6.34. The maximum Gasteiger partial charge on any atom is 0.340 e. The van der Waals surface area contributed by atoms with E-state index in [1.54, 1.807) is 0 Å². The molecule has 0 atom stereocenters. The summed E-state index contributed by atoms with van der Waals surface area (Å²) in [5.41, 5.74) is -0.470. The van der Waals surface area contributed by atoms with E-state index in [0.717, 1.165) is 6.07 Å². The van der Waals surface area contributed by atoms with Gasteiger partial charge in [0.2, 0.25) is 6.04 Å². The first-order valence-corrected chi connectivity index (χ1v) is 6.88. The largest absolute Gasteiger partial charge is 0.464 e. The van der Waals surface area contributed by atoms with E-state index in [9.17, 15) is 18.8 Å². The molecule has 0 fully saturated rings. The molecule has 0 unspecified atom stereocenters. The van der Waals surface area contributed by atoms with Crippen LogP contribution < -0.4 is 5.32 Å². The van der Waals surface area contributed by atoms with Crippen LogP contribution in [0, 0.1) is 5.82 Å². The minimum Gasteiger partial charge on any atom is -0.464 e. The average Bonchev–Trinajstić information content (AvgIpc) is 2.45. The lowest BCUT2D eigenvalue weighted by Crippen LogP contribution is -2.48. The van der Waals surface area contributed by atoms with Crippen LogP contribution in [0.4, 0.5) is 4.39 Å². The predicted octanol–water partition coefficient (Wildman–Crippen LogP) is 1.70. The van der Waals surface area contributed by atoms with Crippen LogP contribution in [0.1, 0.15) is 24.2 Å². The van der Waals surface area contributed by atoms with Gasteiger partial charge in [-0.15, -0.1) is 0 Å². The first kappa shape index (κ1) is 17.9. The molecule has 0 heterocycles. The van der Waals surface area contributed by atoms with Crippen molar-refractivity contribution < 1.29 is 28.2 Å². The first-order valence-electron chi connectivity index (χ1n) is 6.50. The zero-order valence-corrected chi connectivity index (χ0v) is 12.8. The summed E-state index contributed by atoms with van der Waals surface area (Å²) in [7, 11) is 0. The number of carbonyl (C=O) groups is 3. The van der Waals surface area contributed by atoms with Gasteiger partial charge in [-0.05, 0) is 26.0 Å². The van der Waals surface area contributed by atoms with Crippen LogP contribution in [0.2, 0.25) is 5.02 Å². The topological polar surface area (TPSA) is 81.7 Å². The Morgan fingerprint density at radius 3 is 2.18 bits per heavy atom. The van der Waals surface area contributed by atoms with Crippen LogP contribution in [0.25, 0.3) is 0 Å². The Hall–Kier alpha value is -2.15. The maximum atomic E-state index is 13.7. The van der Waals surface area contributed by atoms with Gasteiger partial charge in [0.1, 0.15) is 5.82 Å². The highest BCUT2D eigenvalue weighted by atomic mass is 35.5. The normalized spacial score (nSPS) is 10.2. The summed E-state index contributed by atoms with van der Waals surface area (Å²) in [6.45, 7) is 3.08. The van der Waals surface area contributed by atoms with Gasteiger partial charge in [-0.3, -0.25) is 4.79 Å². The van der Waals surface area contributed by atoms with E-state index in [1.165, 1.54) is 26.0 Å². The Kier molecular flexibility index (Phi) is 6.78. The van der Waals surface area contributed by atoms with Gasteiger partial charge < -0.3 is 14.8 Å². The summed E-state index contributed by atoms with van der Waals surface area (Å²) in [6.07, 6.45) is 0. The lowest BCUT2D eigenvalue weighted by Gasteiger charge is -2.16. The summed E-state index contributed by atoms with van der Waals surface area (Å²) in [4.78, 5) is 35.5. The molecule has 1 aromatic carbocycles. The fourth-order valence-corrected chi connectivity index (χ4v) is 1.83. The second-order valence-electron chi connectivity index (χ2n) is 4.01. The summed E-state index contributed by atoms with van der Waals surface area (Å²) >= 11 is 5.76. The number of amides is 1. The van der Waals surface area contributed by atoms with Gasteiger partial charge in [-0.1, -0.05) is 17.7 Å². The third-order valence-corrected chi connectivity index (χ3v) is 2.82. The molecule has 0 aliphatic heterocycles. The Morgan fingerprint density at radius 1 is 1.18 bits per heavy atom. The van der Waals surface area contributed by atoms with Gasteiger partial charge in [0.05, 0.1) is 23.8 Å². The van der Waals surface area contributed by atoms with E-state index >= 15 is 0 Å². The number of nitrogens with one attached hydrogen (secondary N) is 1. The van der Waals surface area contributed by atoms with Crippen LogP contribution in [-0.2, 0) is 19.1 Å². The van der Waals surface area contributed by atoms with E-state index in [4.69, 9.17) is 11.6 Å². The zero-order valence-electron chi connectivity index (χ0n) is 12.0. The molecule has 1 N–H and O–H groups in total. The summed E-state index contributed by atoms with van der Waals surface area (Å²) in [6, 6.07) is 1.97. The van der Waals surface area contributed by atoms with Crippen LogP contribution in [0.3, 0.4) is 0 Å². The Balaban J connectivity index is 3.00. The van der Waals surface area contributed by atoms with Gasteiger partial charge >= 0.3 is 11.9 Å². The minimum absolute atomic E-state index is 0.00502. The number of hydrogen-bond acceptors (Lipinski definition) is 5. The standard InChI is InChI=1S/C14H15ClFNO5/c1-3-21-13(19)11(14(20)22-4-2)17-12(18)10-8(15)6-5-7-9(10)16/h5-7,11H,3-4H2,1-2H3,(H,17,18). The predicted molar refractivity (Wildman–Crippen MR) is 75.9 cm³/mol. The van der Waals surface area contributed by atoms with Crippen molar-refractivity contribution in [1.29, 1.82) is 0 Å². The third kappa shape index (κ3) is 4.42. The molecule has 6 nitrogen and oxygen atoms in total. The molecule has 1 rings (SSSR count). The number of esters is 2. The van der Waals surface area contributed by atoms with E-state index in [2.05, 4.69) is 14.8 Å². The second kappa shape index (κ2) is 8.33. The van der Waals surface area contributed by atoms with Crippen LogP contribution in [0.5, 0.6) is 0 Å². The number of halogens is 2. The highest BCUT2D eigenvalue weighted by Crippen LogP contribution is 2.18. The van der Waals surface area contributed by atoms with Gasteiger partial charge in [0.15, 0.2) is 0 Å². The van der Waals surface area contributed by atoms with Crippen molar-refractivity contribution in [2.24, 2.45) is 0 Å². The summed E-state index contributed by atoms with van der Waals surface area (Å²) in [5, 5.41) is 1.92. The Labute approximate surface area is 131 Å². The summed E-state index contributed by atoms with van der Waals surface area (Å²) < 4.78 is 23.0. The van der Waals surface area contributed by atoms with E-state index in [0.29, 0.717) is 0 Å². The molecule has 120 valence electrons. The van der Waals surface area contributed by atoms with Crippen molar-refractivity contribution in [3.8, 4) is 0 Å². The molecule has 0 spiro atoms. The lowest BCUT2D eigenvalue weighted by molar-refractivity contribution is -0.157. The average molecular weight is 332 g/mol. The van der Waals surface area contributed by atoms with E-state index in [-0.39, 0.29) is 18.2 Å². The van der Waals surface area contributed by atoms with Gasteiger partial charge in [-0.25, -0.2) is 14.0 Å². The molecule has 0 aromatic heterocycles. The van der Waals surface area contributed by atoms with Crippen LogP contribution >= 0.6 is 11.6 Å². The Bertz CT molecular complexity index is 540. The highest BCUT2D eigenvalue weighted by Gasteiger charge is 2.32. The molecule has 0 bridgehead atoms. The summed E-state index contributed by atoms with van der Waals surface area (Å²) in [5.74, 6) is -3.89. The minimum atomic E-state index is -1.69. The molecule has 8 heteroatoms. The van der Waals surface area contributed by atoms with E-state index < -0.39 is 35.3 Å². The first-order chi connectivity index (χ1) is 10.4. The van der Waals surface area contributed by atoms with Crippen LogP contribution in [0.15, 0.2) is 18.2 Å². The quantitative estimate of drug-likeness (QED) is 0.634. The zero-order chi connectivity index (χ0) is 16.7. The number of ether oxygens (including phenoxy) is 2. The van der Waals surface area contributed by atoms with Crippen molar-refractivity contribution in [3.05, 3.63) is 34.6 Å². The molecule has 0 saturated heterocycles. The van der Waals surface area contributed by atoms with Gasteiger partial charge in [0.25, 0.3) is 5.91 Å². The maximum absolute atomic E-state index is 13.7. The molecule has 1 aromatic rings. The van der Waals surface area contributed by atoms with Crippen molar-refractivity contribution in [1.82, 2.24) is 5.32 Å². The number of benzene rings is 1. The molecule has 22 heavy (non-hydrogen) atoms. The second-order valence-corrected chi connectivity index (χ2v) is 4.41. The molecule has 0 radical (unpaired) electrons. The monoisotopic (exact) mass is 331 g/mol. The molecule has 0 aliphatic carbocycles. The van der Waals surface area contributed by atoms with Gasteiger partial charge in [-0.2, -0.15) is 0 Å². The van der Waals surface area contributed by atoms with Crippen molar-refractivity contribution in [3.63, 3.8) is 0 Å². The molecule has 0 aliphatic rings. The van der Waals surface area contributed by atoms with Crippen molar-refractivity contribution in [2.45, 2.75) is 19.9 Å². The van der Waals surface area contributed by atoms with Crippen molar-refractivity contribution >= 4 is 29.4 Å². The molecular weight excluding hydrogens is 317 g/mol. The molecule has 0 saturated carbocycles. The molecule has 1 amide bonds. The van der Waals surface area contributed by atoms with Crippen LogP contribution in [-0.4, -0.2) is 37.1 Å². The number of carbonyl (C=O) groups excluding carboxylic acids is 3. The fraction of sp³-hybridized carbons (Fsp3) is 0.357. The number of rotatable bonds is 6. The fourth-order valence-electron chi connectivity index (χ4n) is 1.58. The SMILES string of the molecule is CCOC(=O)C(NC(=O)c1c(F)cccc1Cl)C(=O)OCC. The van der Waals surface area contributed by atoms with Gasteiger partial charge in [0, 0.05) is 0 Å². The smallest absolute Gasteiger partial charge is 0.340 e. The van der Waals surface area contributed by atoms with E-state index in [1.807, 2.05) is 0 Å². The number of hydrogen-bond donors (Lipinski definition) is 1.